The summed E-state index contributed by atoms with van der Waals surface area (Å²) in [5.41, 5.74) is 1.30. The van der Waals surface area contributed by atoms with E-state index in [-0.39, 0.29) is 6.10 Å². The van der Waals surface area contributed by atoms with Crippen molar-refractivity contribution in [3.05, 3.63) is 23.8 Å². The normalized spacial score (nSPS) is 13.2. The summed E-state index contributed by atoms with van der Waals surface area (Å²) in [5.74, 6) is 1.41. The topological polar surface area (TPSA) is 51.0 Å². The van der Waals surface area contributed by atoms with Crippen LogP contribution in [0.2, 0.25) is 0 Å². The van der Waals surface area contributed by atoms with Gasteiger partial charge in [-0.3, -0.25) is 0 Å². The number of benzene rings is 1. The van der Waals surface area contributed by atoms with Gasteiger partial charge in [-0.2, -0.15) is 0 Å². The molecular weight excluding hydrogens is 230 g/mol. The summed E-state index contributed by atoms with van der Waals surface area (Å²) in [4.78, 5) is 0. The van der Waals surface area contributed by atoms with Crippen LogP contribution in [0.15, 0.2) is 23.4 Å². The number of methoxy groups -OCH3 is 1. The molecule has 1 unspecified atom stereocenters. The number of oxime groups is 1. The predicted octanol–water partition coefficient (Wildman–Crippen LogP) is 3.46. The molecule has 0 aromatic heterocycles. The molecule has 1 aromatic carbocycles. The highest BCUT2D eigenvalue weighted by Crippen LogP contribution is 2.27. The molecule has 0 aliphatic rings. The molecule has 0 fully saturated rings. The molecule has 0 amide bonds. The smallest absolute Gasteiger partial charge is 0.132 e. The van der Waals surface area contributed by atoms with E-state index in [2.05, 4.69) is 12.1 Å². The third-order valence-electron chi connectivity index (χ3n) is 2.75. The van der Waals surface area contributed by atoms with E-state index in [4.69, 9.17) is 14.7 Å². The quantitative estimate of drug-likeness (QED) is 0.478. The van der Waals surface area contributed by atoms with Crippen LogP contribution in [0.25, 0.3) is 0 Å². The van der Waals surface area contributed by atoms with Crippen molar-refractivity contribution in [3.8, 4) is 11.5 Å². The predicted molar refractivity (Wildman–Crippen MR) is 72.0 cm³/mol. The van der Waals surface area contributed by atoms with Crippen LogP contribution < -0.4 is 9.47 Å². The summed E-state index contributed by atoms with van der Waals surface area (Å²) in [6.07, 6.45) is 2.16. The van der Waals surface area contributed by atoms with Crippen molar-refractivity contribution in [2.24, 2.45) is 5.16 Å². The maximum atomic E-state index is 8.88. The molecule has 1 N–H and O–H groups in total. The minimum absolute atomic E-state index is 0.118. The van der Waals surface area contributed by atoms with Gasteiger partial charge in [0.25, 0.3) is 0 Å². The van der Waals surface area contributed by atoms with Gasteiger partial charge < -0.3 is 14.7 Å². The molecule has 0 radical (unpaired) electrons. The van der Waals surface area contributed by atoms with Crippen LogP contribution in [-0.2, 0) is 0 Å². The van der Waals surface area contributed by atoms with Gasteiger partial charge in [0.2, 0.25) is 0 Å². The van der Waals surface area contributed by atoms with E-state index in [0.717, 1.165) is 24.2 Å². The van der Waals surface area contributed by atoms with E-state index in [1.165, 1.54) is 0 Å². The van der Waals surface area contributed by atoms with Crippen LogP contribution >= 0.6 is 0 Å². The summed E-state index contributed by atoms with van der Waals surface area (Å²) >= 11 is 0. The van der Waals surface area contributed by atoms with Crippen molar-refractivity contribution in [2.75, 3.05) is 7.11 Å². The Hall–Kier alpha value is -1.71. The minimum Gasteiger partial charge on any atom is -0.497 e. The lowest BCUT2D eigenvalue weighted by molar-refractivity contribution is 0.208. The van der Waals surface area contributed by atoms with Crippen LogP contribution in [-0.4, -0.2) is 24.1 Å². The van der Waals surface area contributed by atoms with Gasteiger partial charge in [0.05, 0.1) is 18.9 Å². The molecule has 0 aliphatic heterocycles. The molecule has 0 heterocycles. The molecule has 18 heavy (non-hydrogen) atoms. The van der Waals surface area contributed by atoms with Crippen molar-refractivity contribution in [1.29, 1.82) is 0 Å². The third kappa shape index (κ3) is 3.65. The SMILES string of the molecule is CCCC(C)Oc1cc(OC)ccc1/C(C)=N/O. The number of rotatable bonds is 6. The zero-order chi connectivity index (χ0) is 13.5. The standard InChI is InChI=1S/C14H21NO3/c1-5-6-10(2)18-14-9-12(17-4)7-8-13(14)11(3)15-16/h7-10,16H,5-6H2,1-4H3/b15-11+. The van der Waals surface area contributed by atoms with E-state index in [0.29, 0.717) is 11.5 Å². The Kier molecular flexibility index (Phi) is 5.49. The Bertz CT molecular complexity index is 416. The van der Waals surface area contributed by atoms with E-state index in [1.54, 1.807) is 14.0 Å². The molecule has 0 saturated carbocycles. The van der Waals surface area contributed by atoms with Crippen LogP contribution in [0, 0.1) is 0 Å². The van der Waals surface area contributed by atoms with E-state index in [9.17, 15) is 0 Å². The monoisotopic (exact) mass is 251 g/mol. The summed E-state index contributed by atoms with van der Waals surface area (Å²) < 4.78 is 11.1. The maximum Gasteiger partial charge on any atom is 0.132 e. The van der Waals surface area contributed by atoms with Crippen LogP contribution in [0.3, 0.4) is 0 Å². The molecule has 4 nitrogen and oxygen atoms in total. The average Bonchev–Trinajstić information content (AvgIpc) is 2.38. The highest BCUT2D eigenvalue weighted by atomic mass is 16.5. The van der Waals surface area contributed by atoms with Crippen LogP contribution in [0.4, 0.5) is 0 Å². The molecule has 100 valence electrons. The second-order valence-corrected chi connectivity index (χ2v) is 4.26. The van der Waals surface area contributed by atoms with Crippen molar-refractivity contribution in [1.82, 2.24) is 0 Å². The Morgan fingerprint density at radius 3 is 2.72 bits per heavy atom. The van der Waals surface area contributed by atoms with Crippen molar-refractivity contribution < 1.29 is 14.7 Å². The molecule has 0 aliphatic carbocycles. The lowest BCUT2D eigenvalue weighted by atomic mass is 10.1. The largest absolute Gasteiger partial charge is 0.497 e. The number of nitrogens with zero attached hydrogens (tertiary/aromatic N) is 1. The molecule has 0 bridgehead atoms. The van der Waals surface area contributed by atoms with Gasteiger partial charge >= 0.3 is 0 Å². The molecular formula is C14H21NO3. The minimum atomic E-state index is 0.118. The highest BCUT2D eigenvalue weighted by molar-refractivity contribution is 6.00. The fourth-order valence-electron chi connectivity index (χ4n) is 1.76. The number of hydrogen-bond acceptors (Lipinski definition) is 4. The molecule has 0 spiro atoms. The first-order valence-corrected chi connectivity index (χ1v) is 6.16. The van der Waals surface area contributed by atoms with E-state index < -0.39 is 0 Å². The number of hydrogen-bond donors (Lipinski definition) is 1. The van der Waals surface area contributed by atoms with Crippen molar-refractivity contribution in [2.45, 2.75) is 39.7 Å². The van der Waals surface area contributed by atoms with Crippen LogP contribution in [0.5, 0.6) is 11.5 Å². The lowest BCUT2D eigenvalue weighted by Crippen LogP contribution is -2.13. The Labute approximate surface area is 108 Å². The summed E-state index contributed by atoms with van der Waals surface area (Å²) in [6, 6.07) is 5.47. The second-order valence-electron chi connectivity index (χ2n) is 4.26. The van der Waals surface area contributed by atoms with Gasteiger partial charge in [0.1, 0.15) is 11.5 Å². The summed E-state index contributed by atoms with van der Waals surface area (Å²) in [6.45, 7) is 5.88. The Morgan fingerprint density at radius 1 is 1.44 bits per heavy atom. The Balaban J connectivity index is 3.04. The fraction of sp³-hybridized carbons (Fsp3) is 0.500. The molecule has 4 heteroatoms. The average molecular weight is 251 g/mol. The lowest BCUT2D eigenvalue weighted by Gasteiger charge is -2.17. The third-order valence-corrected chi connectivity index (χ3v) is 2.75. The summed E-state index contributed by atoms with van der Waals surface area (Å²) in [7, 11) is 1.61. The first-order valence-electron chi connectivity index (χ1n) is 6.16. The van der Waals surface area contributed by atoms with Gasteiger partial charge in [-0.25, -0.2) is 0 Å². The first kappa shape index (κ1) is 14.4. The summed E-state index contributed by atoms with van der Waals surface area (Å²) in [5, 5.41) is 12.1. The van der Waals surface area contributed by atoms with Crippen molar-refractivity contribution in [3.63, 3.8) is 0 Å². The Morgan fingerprint density at radius 2 is 2.17 bits per heavy atom. The second kappa shape index (κ2) is 6.89. The van der Waals surface area contributed by atoms with Gasteiger partial charge in [0.15, 0.2) is 0 Å². The zero-order valence-corrected chi connectivity index (χ0v) is 11.4. The highest BCUT2D eigenvalue weighted by Gasteiger charge is 2.12. The molecule has 1 aromatic rings. The van der Waals surface area contributed by atoms with E-state index in [1.807, 2.05) is 25.1 Å². The van der Waals surface area contributed by atoms with Gasteiger partial charge in [0, 0.05) is 11.6 Å². The fourth-order valence-corrected chi connectivity index (χ4v) is 1.76. The van der Waals surface area contributed by atoms with E-state index >= 15 is 0 Å². The van der Waals surface area contributed by atoms with Gasteiger partial charge in [-0.05, 0) is 32.4 Å². The number of ether oxygens (including phenoxy) is 2. The van der Waals surface area contributed by atoms with Crippen molar-refractivity contribution >= 4 is 5.71 Å². The zero-order valence-electron chi connectivity index (χ0n) is 11.4. The first-order chi connectivity index (χ1) is 8.62. The molecule has 1 rings (SSSR count). The van der Waals surface area contributed by atoms with Gasteiger partial charge in [-0.15, -0.1) is 0 Å². The van der Waals surface area contributed by atoms with Gasteiger partial charge in [-0.1, -0.05) is 18.5 Å². The maximum absolute atomic E-state index is 8.88. The molecule has 1 atom stereocenters. The molecule has 0 saturated heterocycles. The van der Waals surface area contributed by atoms with Crippen LogP contribution in [0.1, 0.15) is 39.2 Å².